The lowest BCUT2D eigenvalue weighted by Gasteiger charge is -2.11. The normalized spacial score (nSPS) is 11.1. The van der Waals surface area contributed by atoms with E-state index in [-0.39, 0.29) is 29.1 Å². The quantitative estimate of drug-likeness (QED) is 0.541. The van der Waals surface area contributed by atoms with Gasteiger partial charge in [0, 0.05) is 30.8 Å². The van der Waals surface area contributed by atoms with E-state index in [1.165, 1.54) is 12.3 Å². The monoisotopic (exact) mass is 411 g/mol. The van der Waals surface area contributed by atoms with Crippen molar-refractivity contribution >= 4 is 28.6 Å². The number of carbonyl (C=O) groups is 1. The Morgan fingerprint density at radius 3 is 2.82 bits per heavy atom. The van der Waals surface area contributed by atoms with Gasteiger partial charge in [0.1, 0.15) is 17.9 Å². The van der Waals surface area contributed by atoms with Crippen molar-refractivity contribution < 1.29 is 27.8 Å². The molecule has 0 aliphatic rings. The molecule has 7 nitrogen and oxygen atoms in total. The Morgan fingerprint density at radius 2 is 2.11 bits per heavy atom. The zero-order chi connectivity index (χ0) is 20.3. The van der Waals surface area contributed by atoms with Crippen molar-refractivity contribution in [3.05, 3.63) is 41.2 Å². The molecular weight excluding hydrogens is 396 g/mol. The van der Waals surface area contributed by atoms with E-state index in [9.17, 15) is 13.6 Å². The number of pyridine rings is 2. The van der Waals surface area contributed by atoms with Gasteiger partial charge in [-0.05, 0) is 19.1 Å². The van der Waals surface area contributed by atoms with Gasteiger partial charge in [-0.25, -0.2) is 18.6 Å². The summed E-state index contributed by atoms with van der Waals surface area (Å²) >= 11 is 5.84. The molecule has 0 saturated heterocycles. The zero-order valence-electron chi connectivity index (χ0n) is 15.0. The smallest absolute Gasteiger partial charge is 0.355 e. The van der Waals surface area contributed by atoms with E-state index in [0.717, 1.165) is 0 Å². The van der Waals surface area contributed by atoms with E-state index >= 15 is 0 Å². The molecule has 148 valence electrons. The van der Waals surface area contributed by atoms with Crippen LogP contribution in [0.5, 0.6) is 17.5 Å². The first-order valence-corrected chi connectivity index (χ1v) is 8.64. The summed E-state index contributed by atoms with van der Waals surface area (Å²) in [4.78, 5) is 20.3. The Balaban J connectivity index is 1.91. The van der Waals surface area contributed by atoms with Crippen molar-refractivity contribution in [2.24, 2.45) is 7.05 Å². The van der Waals surface area contributed by atoms with E-state index in [2.05, 4.69) is 9.97 Å². The second kappa shape index (κ2) is 8.39. The number of hydrogen-bond donors (Lipinski definition) is 0. The number of hydrogen-bond acceptors (Lipinski definition) is 6. The van der Waals surface area contributed by atoms with Crippen LogP contribution in [-0.4, -0.2) is 40.1 Å². The highest BCUT2D eigenvalue weighted by atomic mass is 35.5. The summed E-state index contributed by atoms with van der Waals surface area (Å²) in [5.41, 5.74) is 0.816. The molecule has 28 heavy (non-hydrogen) atoms. The molecule has 0 N–H and O–H groups in total. The standard InChI is InChI=1S/C18H16ClF2N3O4/c1-3-26-18(25)12-6-10-4-5-15(23-16(10)24(12)2)28-17-13(27-9-14(20)21)7-11(19)8-22-17/h4-8,14H,3,9H2,1-2H3. The molecule has 10 heteroatoms. The maximum Gasteiger partial charge on any atom is 0.355 e. The molecule has 3 aromatic heterocycles. The highest BCUT2D eigenvalue weighted by molar-refractivity contribution is 6.30. The molecule has 0 bridgehead atoms. The van der Waals surface area contributed by atoms with Crippen LogP contribution in [0.1, 0.15) is 17.4 Å². The maximum absolute atomic E-state index is 12.4. The van der Waals surface area contributed by atoms with Gasteiger partial charge in [-0.3, -0.25) is 0 Å². The molecule has 0 aliphatic carbocycles. The number of alkyl halides is 2. The lowest BCUT2D eigenvalue weighted by molar-refractivity contribution is 0.0515. The molecule has 0 aromatic carbocycles. The van der Waals surface area contributed by atoms with Crippen LogP contribution in [0.4, 0.5) is 8.78 Å². The van der Waals surface area contributed by atoms with Crippen molar-refractivity contribution in [1.29, 1.82) is 0 Å². The van der Waals surface area contributed by atoms with Gasteiger partial charge in [0.15, 0.2) is 5.75 Å². The van der Waals surface area contributed by atoms with E-state index < -0.39 is 19.0 Å². The summed E-state index contributed by atoms with van der Waals surface area (Å²) in [5, 5.41) is 0.915. The van der Waals surface area contributed by atoms with Crippen LogP contribution in [0.25, 0.3) is 11.0 Å². The van der Waals surface area contributed by atoms with Gasteiger partial charge in [-0.1, -0.05) is 11.6 Å². The number of ether oxygens (including phenoxy) is 3. The number of fused-ring (bicyclic) bond motifs is 1. The summed E-state index contributed by atoms with van der Waals surface area (Å²) in [5.74, 6) is -0.418. The number of carbonyl (C=O) groups excluding carboxylic acids is 1. The minimum atomic E-state index is -2.66. The predicted octanol–water partition coefficient (Wildman–Crippen LogP) is 4.23. The summed E-state index contributed by atoms with van der Waals surface area (Å²) in [6.07, 6.45) is -1.36. The van der Waals surface area contributed by atoms with E-state index in [1.807, 2.05) is 0 Å². The summed E-state index contributed by atoms with van der Waals surface area (Å²) in [6.45, 7) is 1.15. The molecule has 0 radical (unpaired) electrons. The third-order valence-electron chi connectivity index (χ3n) is 3.69. The topological polar surface area (TPSA) is 75.5 Å². The van der Waals surface area contributed by atoms with Crippen molar-refractivity contribution in [2.45, 2.75) is 13.3 Å². The Kier molecular flexibility index (Phi) is 5.93. The third-order valence-corrected chi connectivity index (χ3v) is 3.89. The van der Waals surface area contributed by atoms with Crippen LogP contribution in [0.15, 0.2) is 30.5 Å². The van der Waals surface area contributed by atoms with Crippen LogP contribution in [0, 0.1) is 0 Å². The molecule has 0 aliphatic heterocycles. The van der Waals surface area contributed by atoms with Crippen molar-refractivity contribution in [1.82, 2.24) is 14.5 Å². The fraction of sp³-hybridized carbons (Fsp3) is 0.278. The Morgan fingerprint density at radius 1 is 1.32 bits per heavy atom. The molecule has 0 saturated carbocycles. The minimum Gasteiger partial charge on any atom is -0.482 e. The van der Waals surface area contributed by atoms with Gasteiger partial charge in [0.05, 0.1) is 11.6 Å². The summed E-state index contributed by atoms with van der Waals surface area (Å²) in [7, 11) is 1.67. The molecule has 3 aromatic rings. The predicted molar refractivity (Wildman–Crippen MR) is 97.5 cm³/mol. The Hall–Kier alpha value is -2.94. The minimum absolute atomic E-state index is 0.0335. The van der Waals surface area contributed by atoms with Crippen molar-refractivity contribution in [3.8, 4) is 17.5 Å². The van der Waals surface area contributed by atoms with Crippen LogP contribution in [-0.2, 0) is 11.8 Å². The average molecular weight is 412 g/mol. The second-order valence-corrected chi connectivity index (χ2v) is 6.07. The molecule has 0 amide bonds. The van der Waals surface area contributed by atoms with E-state index in [0.29, 0.717) is 16.7 Å². The molecule has 0 unspecified atom stereocenters. The van der Waals surface area contributed by atoms with Crippen molar-refractivity contribution in [3.63, 3.8) is 0 Å². The highest BCUT2D eigenvalue weighted by Gasteiger charge is 2.17. The van der Waals surface area contributed by atoms with Gasteiger partial charge in [-0.15, -0.1) is 0 Å². The number of aryl methyl sites for hydroxylation is 1. The third kappa shape index (κ3) is 4.30. The van der Waals surface area contributed by atoms with Crippen LogP contribution >= 0.6 is 11.6 Å². The molecule has 0 spiro atoms. The fourth-order valence-corrected chi connectivity index (χ4v) is 2.63. The molecule has 0 fully saturated rings. The lowest BCUT2D eigenvalue weighted by atomic mass is 10.3. The number of nitrogens with zero attached hydrogens (tertiary/aromatic N) is 3. The van der Waals surface area contributed by atoms with Crippen LogP contribution in [0.3, 0.4) is 0 Å². The Bertz CT molecular complexity index is 1010. The van der Waals surface area contributed by atoms with E-state index in [4.69, 9.17) is 25.8 Å². The van der Waals surface area contributed by atoms with Gasteiger partial charge >= 0.3 is 5.97 Å². The fourth-order valence-electron chi connectivity index (χ4n) is 2.48. The van der Waals surface area contributed by atoms with Crippen molar-refractivity contribution in [2.75, 3.05) is 13.2 Å². The number of rotatable bonds is 7. The molecule has 3 heterocycles. The zero-order valence-corrected chi connectivity index (χ0v) is 15.7. The number of halogens is 3. The lowest BCUT2D eigenvalue weighted by Crippen LogP contribution is -2.09. The van der Waals surface area contributed by atoms with Gasteiger partial charge in [-0.2, -0.15) is 4.98 Å². The summed E-state index contributed by atoms with van der Waals surface area (Å²) < 4.78 is 42.1. The first-order chi connectivity index (χ1) is 13.4. The number of esters is 1. The average Bonchev–Trinajstić information content (AvgIpc) is 2.98. The maximum atomic E-state index is 12.4. The van der Waals surface area contributed by atoms with Gasteiger partial charge in [0.25, 0.3) is 12.3 Å². The first kappa shape index (κ1) is 19.8. The van der Waals surface area contributed by atoms with Gasteiger partial charge < -0.3 is 18.8 Å². The van der Waals surface area contributed by atoms with E-state index in [1.54, 1.807) is 36.7 Å². The molecule has 3 rings (SSSR count). The summed E-state index contributed by atoms with van der Waals surface area (Å²) in [6, 6.07) is 6.24. The molecular formula is C18H16ClF2N3O4. The molecule has 0 atom stereocenters. The largest absolute Gasteiger partial charge is 0.482 e. The van der Waals surface area contributed by atoms with Crippen LogP contribution < -0.4 is 9.47 Å². The second-order valence-electron chi connectivity index (χ2n) is 5.63. The Labute approximate surface area is 163 Å². The first-order valence-electron chi connectivity index (χ1n) is 8.27. The highest BCUT2D eigenvalue weighted by Crippen LogP contribution is 2.32. The van der Waals surface area contributed by atoms with Gasteiger partial charge in [0.2, 0.25) is 5.88 Å². The SMILES string of the molecule is CCOC(=O)c1cc2ccc(Oc3ncc(Cl)cc3OCC(F)F)nc2n1C. The number of aromatic nitrogens is 3. The van der Waals surface area contributed by atoms with Crippen LogP contribution in [0.2, 0.25) is 5.02 Å².